The number of anilines is 1. The van der Waals surface area contributed by atoms with Gasteiger partial charge in [0.15, 0.2) is 0 Å². The Morgan fingerprint density at radius 1 is 1.11 bits per heavy atom. The first-order chi connectivity index (χ1) is 13.0. The van der Waals surface area contributed by atoms with Gasteiger partial charge in [-0.15, -0.1) is 11.3 Å². The lowest BCUT2D eigenvalue weighted by atomic mass is 10.0. The van der Waals surface area contributed by atoms with E-state index in [1.165, 1.54) is 33.9 Å². The third kappa shape index (κ3) is 4.02. The molecule has 0 saturated heterocycles. The minimum absolute atomic E-state index is 0.0363. The summed E-state index contributed by atoms with van der Waals surface area (Å²) in [6.45, 7) is 6.30. The molecule has 0 radical (unpaired) electrons. The molecule has 1 heterocycles. The molecule has 0 aliphatic rings. The van der Waals surface area contributed by atoms with Crippen LogP contribution in [0.15, 0.2) is 54.1 Å². The van der Waals surface area contributed by atoms with Gasteiger partial charge in [-0.2, -0.15) is 5.26 Å². The first kappa shape index (κ1) is 18.7. The number of nitriles is 1. The Bertz CT molecular complexity index is 1050. The summed E-state index contributed by atoms with van der Waals surface area (Å²) in [6.07, 6.45) is 1.54. The van der Waals surface area contributed by atoms with Crippen LogP contribution in [0.2, 0.25) is 0 Å². The number of fused-ring (bicyclic) bond motifs is 1. The van der Waals surface area contributed by atoms with E-state index in [-0.39, 0.29) is 5.57 Å². The molecule has 0 unspecified atom stereocenters. The van der Waals surface area contributed by atoms with Gasteiger partial charge in [0.2, 0.25) is 0 Å². The molecule has 0 spiro atoms. The van der Waals surface area contributed by atoms with Gasteiger partial charge >= 0.3 is 0 Å². The van der Waals surface area contributed by atoms with E-state index in [4.69, 9.17) is 11.0 Å². The van der Waals surface area contributed by atoms with Crippen molar-refractivity contribution in [2.75, 3.05) is 18.0 Å². The van der Waals surface area contributed by atoms with Crippen LogP contribution in [-0.4, -0.2) is 19.0 Å². The van der Waals surface area contributed by atoms with E-state index in [1.54, 1.807) is 0 Å². The Morgan fingerprint density at radius 3 is 2.48 bits per heavy atom. The van der Waals surface area contributed by atoms with Crippen molar-refractivity contribution in [3.8, 4) is 16.5 Å². The number of carbonyl (C=O) groups is 1. The highest BCUT2D eigenvalue weighted by Crippen LogP contribution is 2.32. The highest BCUT2D eigenvalue weighted by Gasteiger charge is 2.08. The molecule has 27 heavy (non-hydrogen) atoms. The molecule has 136 valence electrons. The smallest absolute Gasteiger partial charge is 0.259 e. The molecular weight excluding hydrogens is 354 g/mol. The van der Waals surface area contributed by atoms with E-state index in [1.807, 2.05) is 18.2 Å². The van der Waals surface area contributed by atoms with Crippen molar-refractivity contribution < 1.29 is 4.79 Å². The molecule has 1 amide bonds. The van der Waals surface area contributed by atoms with E-state index < -0.39 is 5.91 Å². The minimum Gasteiger partial charge on any atom is -0.372 e. The van der Waals surface area contributed by atoms with Gasteiger partial charge in [0.1, 0.15) is 11.6 Å². The van der Waals surface area contributed by atoms with E-state index in [9.17, 15) is 4.79 Å². The second-order valence-electron chi connectivity index (χ2n) is 6.15. The number of hydrogen-bond acceptors (Lipinski definition) is 4. The molecule has 4 nitrogen and oxygen atoms in total. The van der Waals surface area contributed by atoms with Crippen molar-refractivity contribution in [2.24, 2.45) is 5.73 Å². The average molecular weight is 375 g/mol. The average Bonchev–Trinajstić information content (AvgIpc) is 3.15. The van der Waals surface area contributed by atoms with Gasteiger partial charge < -0.3 is 10.6 Å². The van der Waals surface area contributed by atoms with Gasteiger partial charge in [-0.1, -0.05) is 18.2 Å². The molecule has 0 atom stereocenters. The predicted octanol–water partition coefficient (Wildman–Crippen LogP) is 4.81. The standard InChI is InChI=1S/C22H21N3OS/c1-3-25(4-2)19-8-7-15-11-17(6-5-16(15)12-19)21-10-9-20(27-21)13-18(14-23)22(24)26/h5-13H,3-4H2,1-2H3,(H2,24,26)/b18-13+. The summed E-state index contributed by atoms with van der Waals surface area (Å²) in [5.74, 6) is -0.706. The van der Waals surface area contributed by atoms with Crippen molar-refractivity contribution in [1.82, 2.24) is 0 Å². The number of rotatable bonds is 6. The van der Waals surface area contributed by atoms with Crippen molar-refractivity contribution in [1.29, 1.82) is 5.26 Å². The topological polar surface area (TPSA) is 70.1 Å². The number of nitrogens with two attached hydrogens (primary N) is 1. The van der Waals surface area contributed by atoms with Crippen LogP contribution in [0.3, 0.4) is 0 Å². The summed E-state index contributed by atoms with van der Waals surface area (Å²) in [5, 5.41) is 11.4. The van der Waals surface area contributed by atoms with Crippen LogP contribution in [0.25, 0.3) is 27.3 Å². The van der Waals surface area contributed by atoms with E-state index in [0.29, 0.717) is 0 Å². The molecule has 3 aromatic rings. The second-order valence-corrected chi connectivity index (χ2v) is 7.27. The number of primary amides is 1. The summed E-state index contributed by atoms with van der Waals surface area (Å²) in [6, 6.07) is 18.7. The van der Waals surface area contributed by atoms with Crippen LogP contribution in [0.1, 0.15) is 18.7 Å². The molecule has 0 fully saturated rings. The fourth-order valence-corrected chi connectivity index (χ4v) is 4.01. The van der Waals surface area contributed by atoms with Gasteiger partial charge in [-0.3, -0.25) is 4.79 Å². The summed E-state index contributed by atoms with van der Waals surface area (Å²) in [4.78, 5) is 15.5. The van der Waals surface area contributed by atoms with E-state index >= 15 is 0 Å². The van der Waals surface area contributed by atoms with Crippen molar-refractivity contribution in [3.05, 3.63) is 59.0 Å². The van der Waals surface area contributed by atoms with Crippen LogP contribution < -0.4 is 10.6 Å². The summed E-state index contributed by atoms with van der Waals surface area (Å²) in [5.41, 5.74) is 7.51. The molecule has 0 aliphatic carbocycles. The largest absolute Gasteiger partial charge is 0.372 e. The van der Waals surface area contributed by atoms with Crippen LogP contribution in [-0.2, 0) is 4.79 Å². The lowest BCUT2D eigenvalue weighted by Gasteiger charge is -2.21. The first-order valence-corrected chi connectivity index (χ1v) is 9.68. The summed E-state index contributed by atoms with van der Waals surface area (Å²) in [7, 11) is 0. The van der Waals surface area contributed by atoms with Crippen LogP contribution in [0.5, 0.6) is 0 Å². The van der Waals surface area contributed by atoms with Gasteiger partial charge in [-0.25, -0.2) is 0 Å². The molecule has 3 rings (SSSR count). The highest BCUT2D eigenvalue weighted by atomic mass is 32.1. The molecule has 0 bridgehead atoms. The number of hydrogen-bond donors (Lipinski definition) is 1. The fourth-order valence-electron chi connectivity index (χ4n) is 3.06. The lowest BCUT2D eigenvalue weighted by Crippen LogP contribution is -2.21. The lowest BCUT2D eigenvalue weighted by molar-refractivity contribution is -0.114. The minimum atomic E-state index is -0.706. The van der Waals surface area contributed by atoms with Crippen LogP contribution in [0.4, 0.5) is 5.69 Å². The third-order valence-electron chi connectivity index (χ3n) is 4.54. The van der Waals surface area contributed by atoms with Crippen LogP contribution in [0, 0.1) is 11.3 Å². The normalized spacial score (nSPS) is 11.4. The SMILES string of the molecule is CCN(CC)c1ccc2cc(-c3ccc(/C=C(\C#N)C(N)=O)s3)ccc2c1. The monoisotopic (exact) mass is 375 g/mol. The van der Waals surface area contributed by atoms with E-state index in [0.717, 1.165) is 28.4 Å². The van der Waals surface area contributed by atoms with Crippen LogP contribution >= 0.6 is 11.3 Å². The zero-order valence-electron chi connectivity index (χ0n) is 15.4. The molecule has 2 N–H and O–H groups in total. The number of benzene rings is 2. The van der Waals surface area contributed by atoms with Gasteiger partial charge in [0.25, 0.3) is 5.91 Å². The number of thiophene rings is 1. The molecule has 1 aromatic heterocycles. The molecular formula is C22H21N3OS. The molecule has 2 aromatic carbocycles. The van der Waals surface area contributed by atoms with Gasteiger partial charge in [0, 0.05) is 28.5 Å². The number of amides is 1. The van der Waals surface area contributed by atoms with Gasteiger partial charge in [-0.05, 0) is 66.6 Å². The maximum absolute atomic E-state index is 11.2. The highest BCUT2D eigenvalue weighted by molar-refractivity contribution is 7.16. The third-order valence-corrected chi connectivity index (χ3v) is 5.62. The first-order valence-electron chi connectivity index (χ1n) is 8.86. The molecule has 0 aliphatic heterocycles. The zero-order chi connectivity index (χ0) is 19.4. The fraction of sp³-hybridized carbons (Fsp3) is 0.182. The maximum Gasteiger partial charge on any atom is 0.259 e. The van der Waals surface area contributed by atoms with Crippen molar-refractivity contribution in [2.45, 2.75) is 13.8 Å². The Labute approximate surface area is 163 Å². The number of nitrogens with zero attached hydrogens (tertiary/aromatic N) is 2. The predicted molar refractivity (Wildman–Crippen MR) is 114 cm³/mol. The Balaban J connectivity index is 1.93. The Hall–Kier alpha value is -3.10. The summed E-state index contributed by atoms with van der Waals surface area (Å²) >= 11 is 1.53. The van der Waals surface area contributed by atoms with Crippen molar-refractivity contribution in [3.63, 3.8) is 0 Å². The second kappa shape index (κ2) is 8.07. The molecule has 5 heteroatoms. The Morgan fingerprint density at radius 2 is 1.81 bits per heavy atom. The van der Waals surface area contributed by atoms with E-state index in [2.05, 4.69) is 55.1 Å². The Kier molecular flexibility index (Phi) is 5.58. The summed E-state index contributed by atoms with van der Waals surface area (Å²) < 4.78 is 0. The van der Waals surface area contributed by atoms with Crippen molar-refractivity contribution >= 4 is 39.8 Å². The van der Waals surface area contributed by atoms with Gasteiger partial charge in [0.05, 0.1) is 0 Å². The molecule has 0 saturated carbocycles. The maximum atomic E-state index is 11.2. The number of carbonyl (C=O) groups excluding carboxylic acids is 1. The zero-order valence-corrected chi connectivity index (χ0v) is 16.2. The quantitative estimate of drug-likeness (QED) is 0.497.